The van der Waals surface area contributed by atoms with Crippen molar-refractivity contribution in [3.63, 3.8) is 0 Å². The van der Waals surface area contributed by atoms with E-state index in [0.717, 1.165) is 0 Å². The zero-order chi connectivity index (χ0) is 11.4. The molecule has 1 N–H and O–H groups in total. The molecule has 0 radical (unpaired) electrons. The number of hydrogen-bond donors (Lipinski definition) is 1. The van der Waals surface area contributed by atoms with Crippen molar-refractivity contribution in [2.24, 2.45) is 0 Å². The fraction of sp³-hybridized carbons (Fsp3) is 0.300. The molecule has 0 saturated heterocycles. The van der Waals surface area contributed by atoms with Gasteiger partial charge in [0.15, 0.2) is 6.10 Å². The molecular formula is C10H10Cl2O3. The number of halogens is 2. The van der Waals surface area contributed by atoms with Crippen LogP contribution in [0.5, 0.6) is 0 Å². The number of ether oxygens (including phenoxy) is 1. The highest BCUT2D eigenvalue weighted by Gasteiger charge is 2.21. The van der Waals surface area contributed by atoms with Crippen LogP contribution in [0.15, 0.2) is 18.2 Å². The van der Waals surface area contributed by atoms with Crippen molar-refractivity contribution < 1.29 is 14.6 Å². The van der Waals surface area contributed by atoms with Crippen molar-refractivity contribution in [2.45, 2.75) is 13.0 Å². The van der Waals surface area contributed by atoms with E-state index in [1.807, 2.05) is 0 Å². The normalized spacial score (nSPS) is 12.3. The van der Waals surface area contributed by atoms with Gasteiger partial charge in [0.05, 0.1) is 6.61 Å². The highest BCUT2D eigenvalue weighted by molar-refractivity contribution is 6.33. The SMILES string of the molecule is CCOC(=O)C(O)c1cc(Cl)ccc1Cl. The zero-order valence-electron chi connectivity index (χ0n) is 8.04. The Morgan fingerprint density at radius 3 is 2.80 bits per heavy atom. The van der Waals surface area contributed by atoms with Crippen molar-refractivity contribution in [1.29, 1.82) is 0 Å². The lowest BCUT2D eigenvalue weighted by atomic mass is 10.1. The Morgan fingerprint density at radius 2 is 2.20 bits per heavy atom. The third-order valence-electron chi connectivity index (χ3n) is 1.76. The molecule has 1 rings (SSSR count). The molecule has 1 atom stereocenters. The number of benzene rings is 1. The predicted octanol–water partition coefficient (Wildman–Crippen LogP) is 2.59. The number of hydrogen-bond acceptors (Lipinski definition) is 3. The number of rotatable bonds is 3. The lowest BCUT2D eigenvalue weighted by Crippen LogP contribution is -2.15. The van der Waals surface area contributed by atoms with Crippen LogP contribution in [-0.4, -0.2) is 17.7 Å². The summed E-state index contributed by atoms with van der Waals surface area (Å²) in [6.07, 6.45) is -1.39. The second-order valence-electron chi connectivity index (χ2n) is 2.82. The minimum Gasteiger partial charge on any atom is -0.464 e. The molecule has 0 heterocycles. The maximum atomic E-state index is 11.2. The van der Waals surface area contributed by atoms with Gasteiger partial charge in [-0.05, 0) is 25.1 Å². The van der Waals surface area contributed by atoms with Crippen LogP contribution in [0, 0.1) is 0 Å². The third-order valence-corrected chi connectivity index (χ3v) is 2.34. The van der Waals surface area contributed by atoms with Gasteiger partial charge in [0.25, 0.3) is 0 Å². The van der Waals surface area contributed by atoms with Gasteiger partial charge in [-0.2, -0.15) is 0 Å². The van der Waals surface area contributed by atoms with Crippen molar-refractivity contribution in [3.05, 3.63) is 33.8 Å². The fourth-order valence-corrected chi connectivity index (χ4v) is 1.47. The molecule has 0 aliphatic carbocycles. The van der Waals surface area contributed by atoms with Crippen LogP contribution in [0.2, 0.25) is 10.0 Å². The van der Waals surface area contributed by atoms with Crippen LogP contribution in [0.3, 0.4) is 0 Å². The van der Waals surface area contributed by atoms with E-state index in [1.54, 1.807) is 13.0 Å². The maximum absolute atomic E-state index is 11.2. The average molecular weight is 249 g/mol. The molecule has 5 heteroatoms. The molecular weight excluding hydrogens is 239 g/mol. The predicted molar refractivity (Wildman–Crippen MR) is 58.1 cm³/mol. The van der Waals surface area contributed by atoms with Crippen LogP contribution in [0.4, 0.5) is 0 Å². The molecule has 0 spiro atoms. The van der Waals surface area contributed by atoms with Crippen LogP contribution >= 0.6 is 23.2 Å². The van der Waals surface area contributed by atoms with Gasteiger partial charge in [0.1, 0.15) is 0 Å². The molecule has 0 saturated carbocycles. The van der Waals surface area contributed by atoms with Crippen LogP contribution < -0.4 is 0 Å². The van der Waals surface area contributed by atoms with Crippen molar-refractivity contribution in [3.8, 4) is 0 Å². The van der Waals surface area contributed by atoms with Gasteiger partial charge in [-0.3, -0.25) is 0 Å². The maximum Gasteiger partial charge on any atom is 0.339 e. The van der Waals surface area contributed by atoms with Crippen molar-refractivity contribution >= 4 is 29.2 Å². The minimum atomic E-state index is -1.39. The van der Waals surface area contributed by atoms with Crippen LogP contribution in [0.25, 0.3) is 0 Å². The molecule has 0 aliphatic heterocycles. The fourth-order valence-electron chi connectivity index (χ4n) is 1.07. The first-order valence-corrected chi connectivity index (χ1v) is 5.11. The Kier molecular flexibility index (Phi) is 4.39. The van der Waals surface area contributed by atoms with Gasteiger partial charge in [0, 0.05) is 15.6 Å². The van der Waals surface area contributed by atoms with Gasteiger partial charge < -0.3 is 9.84 Å². The van der Waals surface area contributed by atoms with E-state index in [9.17, 15) is 9.90 Å². The Hall–Kier alpha value is -0.770. The van der Waals surface area contributed by atoms with E-state index in [0.29, 0.717) is 5.02 Å². The van der Waals surface area contributed by atoms with E-state index < -0.39 is 12.1 Å². The Labute approximate surface area is 97.6 Å². The van der Waals surface area contributed by atoms with Gasteiger partial charge in [-0.1, -0.05) is 23.2 Å². The third kappa shape index (κ3) is 3.09. The zero-order valence-corrected chi connectivity index (χ0v) is 9.55. The molecule has 1 unspecified atom stereocenters. The first kappa shape index (κ1) is 12.3. The van der Waals surface area contributed by atoms with Gasteiger partial charge in [-0.25, -0.2) is 4.79 Å². The number of carbonyl (C=O) groups excluding carboxylic acids is 1. The topological polar surface area (TPSA) is 46.5 Å². The summed E-state index contributed by atoms with van der Waals surface area (Å²) in [6, 6.07) is 4.53. The van der Waals surface area contributed by atoms with Gasteiger partial charge in [-0.15, -0.1) is 0 Å². The number of esters is 1. The van der Waals surface area contributed by atoms with Crippen LogP contribution in [0.1, 0.15) is 18.6 Å². The van der Waals surface area contributed by atoms with E-state index in [1.165, 1.54) is 12.1 Å². The molecule has 1 aromatic carbocycles. The summed E-state index contributed by atoms with van der Waals surface area (Å²) in [6.45, 7) is 1.86. The molecule has 0 bridgehead atoms. The molecule has 0 aromatic heterocycles. The van der Waals surface area contributed by atoms with Crippen molar-refractivity contribution in [2.75, 3.05) is 6.61 Å². The standard InChI is InChI=1S/C10H10Cl2O3/c1-2-15-10(14)9(13)7-5-6(11)3-4-8(7)12/h3-5,9,13H,2H2,1H3. The first-order valence-electron chi connectivity index (χ1n) is 4.36. The number of aliphatic hydroxyl groups is 1. The summed E-state index contributed by atoms with van der Waals surface area (Å²) >= 11 is 11.5. The van der Waals surface area contributed by atoms with E-state index in [-0.39, 0.29) is 17.2 Å². The molecule has 0 amide bonds. The summed E-state index contributed by atoms with van der Waals surface area (Å²) in [4.78, 5) is 11.2. The Bertz CT molecular complexity index is 366. The quantitative estimate of drug-likeness (QED) is 0.837. The smallest absolute Gasteiger partial charge is 0.339 e. The Balaban J connectivity index is 2.94. The van der Waals surface area contributed by atoms with E-state index in [2.05, 4.69) is 4.74 Å². The Morgan fingerprint density at radius 1 is 1.53 bits per heavy atom. The molecule has 15 heavy (non-hydrogen) atoms. The number of aliphatic hydroxyl groups excluding tert-OH is 1. The summed E-state index contributed by atoms with van der Waals surface area (Å²) < 4.78 is 4.66. The molecule has 0 fully saturated rings. The lowest BCUT2D eigenvalue weighted by Gasteiger charge is -2.11. The summed E-state index contributed by atoms with van der Waals surface area (Å²) in [7, 11) is 0. The monoisotopic (exact) mass is 248 g/mol. The van der Waals surface area contributed by atoms with E-state index in [4.69, 9.17) is 23.2 Å². The summed E-state index contributed by atoms with van der Waals surface area (Å²) in [5.41, 5.74) is 0.252. The largest absolute Gasteiger partial charge is 0.464 e. The van der Waals surface area contributed by atoms with Gasteiger partial charge >= 0.3 is 5.97 Å². The summed E-state index contributed by atoms with van der Waals surface area (Å²) in [5.74, 6) is -0.735. The molecule has 0 aliphatic rings. The van der Waals surface area contributed by atoms with Crippen molar-refractivity contribution in [1.82, 2.24) is 0 Å². The molecule has 82 valence electrons. The molecule has 3 nitrogen and oxygen atoms in total. The number of carbonyl (C=O) groups is 1. The molecule has 1 aromatic rings. The average Bonchev–Trinajstić information content (AvgIpc) is 2.21. The first-order chi connectivity index (χ1) is 7.06. The van der Waals surface area contributed by atoms with Gasteiger partial charge in [0.2, 0.25) is 0 Å². The lowest BCUT2D eigenvalue weighted by molar-refractivity contribution is -0.153. The minimum absolute atomic E-state index is 0.202. The highest BCUT2D eigenvalue weighted by Crippen LogP contribution is 2.26. The van der Waals surface area contributed by atoms with Crippen LogP contribution in [-0.2, 0) is 9.53 Å². The summed E-state index contributed by atoms with van der Waals surface area (Å²) in [5, 5.41) is 10.3. The van der Waals surface area contributed by atoms with E-state index >= 15 is 0 Å². The second-order valence-corrected chi connectivity index (χ2v) is 3.66. The second kappa shape index (κ2) is 5.35. The highest BCUT2D eigenvalue weighted by atomic mass is 35.5.